The van der Waals surface area contributed by atoms with Gasteiger partial charge in [0.05, 0.1) is 18.2 Å². The summed E-state index contributed by atoms with van der Waals surface area (Å²) < 4.78 is 5.11. The highest BCUT2D eigenvalue weighted by atomic mass is 35.5. The minimum absolute atomic E-state index is 0.440. The van der Waals surface area contributed by atoms with Gasteiger partial charge < -0.3 is 10.5 Å². The third-order valence-corrected chi connectivity index (χ3v) is 3.91. The molecule has 0 aliphatic heterocycles. The number of rotatable bonds is 3. The lowest BCUT2D eigenvalue weighted by atomic mass is 9.99. The minimum Gasteiger partial charge on any atom is -0.495 e. The summed E-state index contributed by atoms with van der Waals surface area (Å²) in [4.78, 5) is 0. The van der Waals surface area contributed by atoms with Gasteiger partial charge in [-0.1, -0.05) is 46.4 Å². The summed E-state index contributed by atoms with van der Waals surface area (Å²) in [6.45, 7) is 0. The number of ether oxygens (including phenoxy) is 1. The predicted molar refractivity (Wildman–Crippen MR) is 85.5 cm³/mol. The number of nitrogens with two attached hydrogens (primary N) is 1. The molecule has 2 aromatic rings. The fourth-order valence-electron chi connectivity index (χ4n) is 1.87. The van der Waals surface area contributed by atoms with Gasteiger partial charge in [0, 0.05) is 21.1 Å². The molecule has 0 aromatic heterocycles. The van der Waals surface area contributed by atoms with E-state index in [0.717, 1.165) is 5.56 Å². The van der Waals surface area contributed by atoms with E-state index in [-0.39, 0.29) is 0 Å². The van der Waals surface area contributed by atoms with Crippen molar-refractivity contribution in [2.75, 3.05) is 7.11 Å². The quantitative estimate of drug-likeness (QED) is 0.808. The first-order valence-electron chi connectivity index (χ1n) is 5.67. The fraction of sp³-hybridized carbons (Fsp3) is 0.143. The van der Waals surface area contributed by atoms with E-state index < -0.39 is 6.04 Å². The fourth-order valence-corrected chi connectivity index (χ4v) is 2.94. The summed E-state index contributed by atoms with van der Waals surface area (Å²) in [5.41, 5.74) is 7.65. The van der Waals surface area contributed by atoms with Gasteiger partial charge in [-0.2, -0.15) is 0 Å². The topological polar surface area (TPSA) is 35.2 Å². The Morgan fingerprint density at radius 2 is 1.50 bits per heavy atom. The maximum atomic E-state index is 6.22. The molecule has 1 unspecified atom stereocenters. The summed E-state index contributed by atoms with van der Waals surface area (Å²) in [6.07, 6.45) is 0. The zero-order valence-corrected chi connectivity index (χ0v) is 13.5. The summed E-state index contributed by atoms with van der Waals surface area (Å²) in [5.74, 6) is 0.497. The Balaban J connectivity index is 2.47. The molecule has 2 rings (SSSR count). The van der Waals surface area contributed by atoms with Crippen LogP contribution in [0.4, 0.5) is 0 Å². The minimum atomic E-state index is -0.484. The molecule has 0 heterocycles. The van der Waals surface area contributed by atoms with Crippen molar-refractivity contribution in [1.82, 2.24) is 0 Å². The van der Waals surface area contributed by atoms with Crippen molar-refractivity contribution in [3.63, 3.8) is 0 Å². The van der Waals surface area contributed by atoms with Crippen LogP contribution in [0.2, 0.25) is 20.1 Å². The van der Waals surface area contributed by atoms with Crippen molar-refractivity contribution in [1.29, 1.82) is 0 Å². The highest BCUT2D eigenvalue weighted by Crippen LogP contribution is 2.36. The van der Waals surface area contributed by atoms with Gasteiger partial charge in [-0.25, -0.2) is 0 Å². The Morgan fingerprint density at radius 1 is 0.900 bits per heavy atom. The van der Waals surface area contributed by atoms with Crippen LogP contribution in [0.5, 0.6) is 5.75 Å². The molecule has 0 aliphatic rings. The van der Waals surface area contributed by atoms with Gasteiger partial charge in [0.15, 0.2) is 0 Å². The first-order chi connectivity index (χ1) is 9.42. The van der Waals surface area contributed by atoms with E-state index in [1.165, 1.54) is 7.11 Å². The van der Waals surface area contributed by atoms with Crippen LogP contribution in [-0.4, -0.2) is 7.11 Å². The van der Waals surface area contributed by atoms with Gasteiger partial charge in [-0.3, -0.25) is 0 Å². The third-order valence-electron chi connectivity index (χ3n) is 2.85. The molecule has 2 N–H and O–H groups in total. The lowest BCUT2D eigenvalue weighted by molar-refractivity contribution is 0.415. The van der Waals surface area contributed by atoms with E-state index >= 15 is 0 Å². The smallest absolute Gasteiger partial charge is 0.138 e. The molecule has 2 aromatic carbocycles. The molecule has 0 aliphatic carbocycles. The van der Waals surface area contributed by atoms with Crippen LogP contribution in [0.3, 0.4) is 0 Å². The van der Waals surface area contributed by atoms with Crippen molar-refractivity contribution in [2.24, 2.45) is 5.73 Å². The third kappa shape index (κ3) is 3.33. The number of hydrogen-bond donors (Lipinski definition) is 1. The van der Waals surface area contributed by atoms with Crippen molar-refractivity contribution >= 4 is 46.4 Å². The van der Waals surface area contributed by atoms with Crippen LogP contribution in [0.15, 0.2) is 30.3 Å². The maximum Gasteiger partial charge on any atom is 0.138 e. The summed E-state index contributed by atoms with van der Waals surface area (Å²) in [7, 11) is 1.52. The molecular weight excluding hydrogens is 340 g/mol. The average molecular weight is 351 g/mol. The lowest BCUT2D eigenvalue weighted by Crippen LogP contribution is -2.12. The number of benzene rings is 2. The second-order valence-corrected chi connectivity index (χ2v) is 5.88. The summed E-state index contributed by atoms with van der Waals surface area (Å²) in [6, 6.07) is 7.95. The van der Waals surface area contributed by atoms with E-state index in [9.17, 15) is 0 Å². The molecule has 0 spiro atoms. The molecule has 0 bridgehead atoms. The highest BCUT2D eigenvalue weighted by Gasteiger charge is 2.16. The summed E-state index contributed by atoms with van der Waals surface area (Å²) >= 11 is 24.3. The Kier molecular flexibility index (Phi) is 5.05. The van der Waals surface area contributed by atoms with Crippen LogP contribution in [0.1, 0.15) is 17.2 Å². The zero-order valence-electron chi connectivity index (χ0n) is 10.5. The second-order valence-electron chi connectivity index (χ2n) is 4.19. The van der Waals surface area contributed by atoms with E-state index in [1.807, 2.05) is 0 Å². The Hall–Kier alpha value is -0.640. The van der Waals surface area contributed by atoms with E-state index in [0.29, 0.717) is 31.4 Å². The molecule has 20 heavy (non-hydrogen) atoms. The molecule has 0 saturated heterocycles. The molecule has 0 fully saturated rings. The van der Waals surface area contributed by atoms with Crippen LogP contribution >= 0.6 is 46.4 Å². The zero-order chi connectivity index (χ0) is 14.9. The largest absolute Gasteiger partial charge is 0.495 e. The molecule has 0 saturated carbocycles. The van der Waals surface area contributed by atoms with Gasteiger partial charge in [0.2, 0.25) is 0 Å². The Bertz CT molecular complexity index is 625. The van der Waals surface area contributed by atoms with E-state index in [4.69, 9.17) is 56.9 Å². The van der Waals surface area contributed by atoms with Crippen LogP contribution < -0.4 is 10.5 Å². The van der Waals surface area contributed by atoms with Gasteiger partial charge in [-0.05, 0) is 35.4 Å². The predicted octanol–water partition coefficient (Wildman–Crippen LogP) is 5.36. The Labute approximate surface area is 137 Å². The number of methoxy groups -OCH3 is 1. The number of halogens is 4. The van der Waals surface area contributed by atoms with Crippen LogP contribution in [-0.2, 0) is 0 Å². The molecule has 2 nitrogen and oxygen atoms in total. The molecule has 106 valence electrons. The first-order valence-corrected chi connectivity index (χ1v) is 7.18. The molecular formula is C14H11Cl4NO. The maximum absolute atomic E-state index is 6.22. The highest BCUT2D eigenvalue weighted by molar-refractivity contribution is 6.35. The molecule has 1 atom stereocenters. The lowest BCUT2D eigenvalue weighted by Gasteiger charge is -2.16. The van der Waals surface area contributed by atoms with Crippen molar-refractivity contribution < 1.29 is 4.74 Å². The first kappa shape index (κ1) is 15.7. The standard InChI is InChI=1S/C14H11Cl4NO/c1-20-13-6-11(17)10(5-12(13)18)14(19)7-2-8(15)4-9(16)3-7/h2-6,14H,19H2,1H3. The molecule has 0 radical (unpaired) electrons. The van der Waals surface area contributed by atoms with Gasteiger partial charge >= 0.3 is 0 Å². The van der Waals surface area contributed by atoms with Crippen molar-refractivity contribution in [3.05, 3.63) is 61.5 Å². The number of hydrogen-bond acceptors (Lipinski definition) is 2. The van der Waals surface area contributed by atoms with E-state index in [1.54, 1.807) is 30.3 Å². The van der Waals surface area contributed by atoms with Crippen LogP contribution in [0, 0.1) is 0 Å². The van der Waals surface area contributed by atoms with Gasteiger partial charge in [0.25, 0.3) is 0 Å². The molecule has 0 amide bonds. The van der Waals surface area contributed by atoms with Crippen LogP contribution in [0.25, 0.3) is 0 Å². The molecule has 6 heteroatoms. The normalized spacial score (nSPS) is 12.3. The Morgan fingerprint density at radius 3 is 2.05 bits per heavy atom. The second kappa shape index (κ2) is 6.42. The van der Waals surface area contributed by atoms with Crippen molar-refractivity contribution in [3.8, 4) is 5.75 Å². The van der Waals surface area contributed by atoms with Crippen molar-refractivity contribution in [2.45, 2.75) is 6.04 Å². The van der Waals surface area contributed by atoms with Gasteiger partial charge in [0.1, 0.15) is 5.75 Å². The SMILES string of the molecule is COc1cc(Cl)c(C(N)c2cc(Cl)cc(Cl)c2)cc1Cl. The average Bonchev–Trinajstić information content (AvgIpc) is 2.39. The van der Waals surface area contributed by atoms with Gasteiger partial charge in [-0.15, -0.1) is 0 Å². The van der Waals surface area contributed by atoms with E-state index in [2.05, 4.69) is 0 Å². The summed E-state index contributed by atoms with van der Waals surface area (Å²) in [5, 5.41) is 1.93. The monoisotopic (exact) mass is 349 g/mol.